The third-order valence-corrected chi connectivity index (χ3v) is 6.85. The van der Waals surface area contributed by atoms with Crippen molar-refractivity contribution < 1.29 is 13.9 Å². The van der Waals surface area contributed by atoms with Gasteiger partial charge in [0.05, 0.1) is 18.4 Å². The molecule has 0 fully saturated rings. The van der Waals surface area contributed by atoms with Crippen LogP contribution in [0.15, 0.2) is 64.2 Å². The first-order chi connectivity index (χ1) is 16.8. The molecule has 35 heavy (non-hydrogen) atoms. The number of aromatic nitrogens is 1. The topological polar surface area (TPSA) is 83.0 Å². The number of nitrogens with one attached hydrogen (secondary N) is 1. The minimum atomic E-state index is -0.531. The number of amides is 1. The number of aliphatic imine (C=N–C) groups is 1. The molecule has 0 atom stereocenters. The highest BCUT2D eigenvalue weighted by atomic mass is 32.2. The highest BCUT2D eigenvalue weighted by Crippen LogP contribution is 2.33. The van der Waals surface area contributed by atoms with E-state index < -0.39 is 11.7 Å². The van der Waals surface area contributed by atoms with E-state index in [0.717, 1.165) is 45.7 Å². The number of thioether (sulfide) groups is 1. The maximum Gasteiger partial charge on any atom is 0.283 e. The number of hydrazone groups is 1. The Morgan fingerprint density at radius 2 is 1.89 bits per heavy atom. The molecule has 5 rings (SSSR count). The van der Waals surface area contributed by atoms with E-state index in [9.17, 15) is 9.18 Å². The summed E-state index contributed by atoms with van der Waals surface area (Å²) in [7, 11) is 1.63. The first kappa shape index (κ1) is 22.8. The molecular formula is C26H22FN5O2S. The number of hydrogen-bond acceptors (Lipinski definition) is 5. The molecular weight excluding hydrogens is 465 g/mol. The maximum atomic E-state index is 14.3. The maximum absolute atomic E-state index is 14.3. The summed E-state index contributed by atoms with van der Waals surface area (Å²) in [6.07, 6.45) is 1.66. The lowest BCUT2D eigenvalue weighted by atomic mass is 10.1. The van der Waals surface area contributed by atoms with Crippen LogP contribution in [-0.2, 0) is 4.79 Å². The van der Waals surface area contributed by atoms with Crippen molar-refractivity contribution in [3.05, 3.63) is 88.0 Å². The predicted octanol–water partition coefficient (Wildman–Crippen LogP) is 5.22. The molecule has 1 amide bonds. The monoisotopic (exact) mass is 487 g/mol. The van der Waals surface area contributed by atoms with Crippen LogP contribution in [-0.4, -0.2) is 38.6 Å². The fourth-order valence-corrected chi connectivity index (χ4v) is 5.09. The lowest BCUT2D eigenvalue weighted by Crippen LogP contribution is -2.35. The minimum absolute atomic E-state index is 0.100. The number of hydrogen-bond donors (Lipinski definition) is 1. The molecule has 176 valence electrons. The van der Waals surface area contributed by atoms with Gasteiger partial charge in [-0.2, -0.15) is 15.1 Å². The second-order valence-electron chi connectivity index (χ2n) is 8.24. The van der Waals surface area contributed by atoms with Gasteiger partial charge < -0.3 is 9.30 Å². The Morgan fingerprint density at radius 3 is 2.63 bits per heavy atom. The molecule has 0 radical (unpaired) electrons. The number of nitrogens with zero attached hydrogens (tertiary/aromatic N) is 4. The molecule has 0 aliphatic carbocycles. The van der Waals surface area contributed by atoms with Gasteiger partial charge in [0.1, 0.15) is 16.6 Å². The van der Waals surface area contributed by atoms with Crippen LogP contribution in [0.1, 0.15) is 28.1 Å². The number of benzene rings is 2. The van der Waals surface area contributed by atoms with E-state index in [1.807, 2.05) is 45.0 Å². The Labute approximate surface area is 206 Å². The van der Waals surface area contributed by atoms with E-state index in [0.29, 0.717) is 10.6 Å². The first-order valence-corrected chi connectivity index (χ1v) is 11.7. The largest absolute Gasteiger partial charge is 0.495 e. The minimum Gasteiger partial charge on any atom is -0.495 e. The normalized spacial score (nSPS) is 16.5. The fraction of sp³-hybridized carbons (Fsp3) is 0.154. The lowest BCUT2D eigenvalue weighted by molar-refractivity contribution is -0.114. The SMILES string of the molecule is COc1ccc(C)cc1-n1c(C)cc(/C=C2\C(=N)N3N=C(c4ccccc4F)SC3=NC2=O)c1C. The number of fused-ring (bicyclic) bond motifs is 1. The molecule has 0 unspecified atom stereocenters. The summed E-state index contributed by atoms with van der Waals surface area (Å²) < 4.78 is 21.9. The zero-order valence-electron chi connectivity index (χ0n) is 19.6. The highest BCUT2D eigenvalue weighted by Gasteiger charge is 2.36. The van der Waals surface area contributed by atoms with Gasteiger partial charge in [-0.25, -0.2) is 4.39 Å². The summed E-state index contributed by atoms with van der Waals surface area (Å²) in [5.74, 6) is -0.322. The molecule has 1 aromatic heterocycles. The van der Waals surface area contributed by atoms with Crippen molar-refractivity contribution in [2.75, 3.05) is 7.11 Å². The zero-order chi connectivity index (χ0) is 24.9. The summed E-state index contributed by atoms with van der Waals surface area (Å²) in [6, 6.07) is 14.2. The van der Waals surface area contributed by atoms with Crippen LogP contribution >= 0.6 is 11.8 Å². The number of rotatable bonds is 4. The summed E-state index contributed by atoms with van der Waals surface area (Å²) in [5.41, 5.74) is 5.03. The van der Waals surface area contributed by atoms with Gasteiger partial charge in [0, 0.05) is 17.0 Å². The Hall–Kier alpha value is -3.98. The van der Waals surface area contributed by atoms with Crippen LogP contribution in [0.2, 0.25) is 0 Å². The van der Waals surface area contributed by atoms with Gasteiger partial charge in [0.25, 0.3) is 5.91 Å². The van der Waals surface area contributed by atoms with E-state index in [1.165, 1.54) is 11.1 Å². The first-order valence-electron chi connectivity index (χ1n) is 10.9. The standard InChI is InChI=1S/C26H22FN5O2S/c1-14-9-10-22(34-4)21(11-14)31-15(2)12-17(16(31)3)13-19-23(28)32-26(29-24(19)33)35-25(30-32)18-7-5-6-8-20(18)27/h5-13,28H,1-4H3/b19-13+,28-23?. The Kier molecular flexibility index (Phi) is 5.64. The summed E-state index contributed by atoms with van der Waals surface area (Å²) in [6.45, 7) is 5.94. The fourth-order valence-electron chi connectivity index (χ4n) is 4.17. The second-order valence-corrected chi connectivity index (χ2v) is 9.20. The van der Waals surface area contributed by atoms with Gasteiger partial charge in [-0.3, -0.25) is 10.2 Å². The molecule has 3 heterocycles. The molecule has 3 aromatic rings. The predicted molar refractivity (Wildman–Crippen MR) is 137 cm³/mol. The molecule has 7 nitrogen and oxygen atoms in total. The number of halogens is 1. The molecule has 2 aliphatic heterocycles. The van der Waals surface area contributed by atoms with Gasteiger partial charge in [0.2, 0.25) is 5.17 Å². The van der Waals surface area contributed by atoms with Gasteiger partial charge in [0.15, 0.2) is 5.84 Å². The molecule has 1 N–H and O–H groups in total. The number of carbonyl (C=O) groups is 1. The molecule has 0 spiro atoms. The van der Waals surface area contributed by atoms with Crippen molar-refractivity contribution in [2.45, 2.75) is 20.8 Å². The number of aryl methyl sites for hydroxylation is 2. The second kappa shape index (κ2) is 8.66. The lowest BCUT2D eigenvalue weighted by Gasteiger charge is -2.20. The average molecular weight is 488 g/mol. The third-order valence-electron chi connectivity index (χ3n) is 5.90. The van der Waals surface area contributed by atoms with Crippen LogP contribution in [0.25, 0.3) is 11.8 Å². The van der Waals surface area contributed by atoms with Crippen molar-refractivity contribution in [2.24, 2.45) is 10.1 Å². The zero-order valence-corrected chi connectivity index (χ0v) is 20.4. The van der Waals surface area contributed by atoms with E-state index in [4.69, 9.17) is 10.1 Å². The summed E-state index contributed by atoms with van der Waals surface area (Å²) in [4.78, 5) is 17.0. The quantitative estimate of drug-likeness (QED) is 0.512. The molecule has 2 aliphatic rings. The molecule has 0 saturated carbocycles. The van der Waals surface area contributed by atoms with Gasteiger partial charge in [-0.1, -0.05) is 18.2 Å². The number of methoxy groups -OCH3 is 1. The van der Waals surface area contributed by atoms with Crippen LogP contribution in [0.3, 0.4) is 0 Å². The third kappa shape index (κ3) is 3.87. The van der Waals surface area contributed by atoms with Crippen LogP contribution in [0.4, 0.5) is 4.39 Å². The molecule has 9 heteroatoms. The van der Waals surface area contributed by atoms with E-state index in [2.05, 4.69) is 14.7 Å². The van der Waals surface area contributed by atoms with Gasteiger partial charge in [-0.15, -0.1) is 0 Å². The van der Waals surface area contributed by atoms with E-state index in [-0.39, 0.29) is 16.6 Å². The van der Waals surface area contributed by atoms with Crippen LogP contribution < -0.4 is 4.74 Å². The number of carbonyl (C=O) groups excluding carboxylic acids is 1. The summed E-state index contributed by atoms with van der Waals surface area (Å²) >= 11 is 1.07. The molecule has 2 aromatic carbocycles. The number of ether oxygens (including phenoxy) is 1. The molecule has 0 bridgehead atoms. The highest BCUT2D eigenvalue weighted by molar-refractivity contribution is 8.27. The van der Waals surface area contributed by atoms with Gasteiger partial charge in [-0.05, 0) is 80.1 Å². The van der Waals surface area contributed by atoms with E-state index in [1.54, 1.807) is 31.4 Å². The van der Waals surface area contributed by atoms with E-state index >= 15 is 0 Å². The smallest absolute Gasteiger partial charge is 0.283 e. The van der Waals surface area contributed by atoms with Gasteiger partial charge >= 0.3 is 0 Å². The van der Waals surface area contributed by atoms with Crippen LogP contribution in [0.5, 0.6) is 5.75 Å². The summed E-state index contributed by atoms with van der Waals surface area (Å²) in [5, 5.41) is 14.9. The average Bonchev–Trinajstić information content (AvgIpc) is 3.37. The van der Waals surface area contributed by atoms with Crippen molar-refractivity contribution in [1.29, 1.82) is 5.41 Å². The van der Waals surface area contributed by atoms with Crippen molar-refractivity contribution in [3.8, 4) is 11.4 Å². The molecule has 0 saturated heterocycles. The van der Waals surface area contributed by atoms with Crippen LogP contribution in [0, 0.1) is 32.0 Å². The van der Waals surface area contributed by atoms with Crippen molar-refractivity contribution >= 4 is 39.8 Å². The van der Waals surface area contributed by atoms with Crippen molar-refractivity contribution in [1.82, 2.24) is 9.58 Å². The number of amidine groups is 2. The Balaban J connectivity index is 1.54. The Bertz CT molecular complexity index is 1500. The Morgan fingerprint density at radius 1 is 1.11 bits per heavy atom. The van der Waals surface area contributed by atoms with Crippen molar-refractivity contribution in [3.63, 3.8) is 0 Å².